The Bertz CT molecular complexity index is 511. The van der Waals surface area contributed by atoms with Gasteiger partial charge in [-0.3, -0.25) is 4.79 Å². The lowest BCUT2D eigenvalue weighted by Gasteiger charge is -2.32. The Morgan fingerprint density at radius 2 is 1.96 bits per heavy atom. The standard InChI is InChI=1S/C18H29N3O2/c1-15-5-6-16(2)17(13-15)23-14-18(22)19-7-4-8-21-11-9-20(3)10-12-21/h5-6,13H,4,7-12,14H2,1-3H3,(H,19,22). The molecular weight excluding hydrogens is 290 g/mol. The van der Waals surface area contributed by atoms with E-state index >= 15 is 0 Å². The van der Waals surface area contributed by atoms with Gasteiger partial charge in [0.2, 0.25) is 0 Å². The van der Waals surface area contributed by atoms with Crippen molar-refractivity contribution in [3.63, 3.8) is 0 Å². The highest BCUT2D eigenvalue weighted by Gasteiger charge is 2.13. The summed E-state index contributed by atoms with van der Waals surface area (Å²) in [6.07, 6.45) is 0.985. The largest absolute Gasteiger partial charge is 0.483 e. The van der Waals surface area contributed by atoms with Crippen molar-refractivity contribution in [1.82, 2.24) is 15.1 Å². The molecule has 1 aromatic carbocycles. The van der Waals surface area contributed by atoms with E-state index in [0.717, 1.165) is 56.0 Å². The molecule has 1 aromatic rings. The Balaban J connectivity index is 1.59. The molecular formula is C18H29N3O2. The normalized spacial score (nSPS) is 16.3. The minimum Gasteiger partial charge on any atom is -0.483 e. The molecule has 1 N–H and O–H groups in total. The first-order valence-electron chi connectivity index (χ1n) is 8.42. The summed E-state index contributed by atoms with van der Waals surface area (Å²) in [7, 11) is 2.16. The molecule has 1 amide bonds. The molecule has 23 heavy (non-hydrogen) atoms. The van der Waals surface area contributed by atoms with Crippen LogP contribution in [0.25, 0.3) is 0 Å². The number of rotatable bonds is 7. The number of nitrogens with one attached hydrogen (secondary N) is 1. The van der Waals surface area contributed by atoms with E-state index in [1.165, 1.54) is 0 Å². The van der Waals surface area contributed by atoms with Crippen LogP contribution in [0.4, 0.5) is 0 Å². The Morgan fingerprint density at radius 3 is 2.70 bits per heavy atom. The molecule has 0 spiro atoms. The van der Waals surface area contributed by atoms with Crippen molar-refractivity contribution >= 4 is 5.91 Å². The summed E-state index contributed by atoms with van der Waals surface area (Å²) in [6, 6.07) is 6.02. The van der Waals surface area contributed by atoms with Crippen LogP contribution in [0.15, 0.2) is 18.2 Å². The first-order valence-corrected chi connectivity index (χ1v) is 8.42. The molecule has 1 saturated heterocycles. The lowest BCUT2D eigenvalue weighted by Crippen LogP contribution is -2.45. The molecule has 128 valence electrons. The SMILES string of the molecule is Cc1ccc(C)c(OCC(=O)NCCCN2CCN(C)CC2)c1. The summed E-state index contributed by atoms with van der Waals surface area (Å²) < 4.78 is 5.61. The molecule has 1 fully saturated rings. The average molecular weight is 319 g/mol. The summed E-state index contributed by atoms with van der Waals surface area (Å²) in [5.41, 5.74) is 2.19. The fourth-order valence-electron chi connectivity index (χ4n) is 2.66. The molecule has 0 aromatic heterocycles. The van der Waals surface area contributed by atoms with Gasteiger partial charge in [0.1, 0.15) is 5.75 Å². The van der Waals surface area contributed by atoms with E-state index in [9.17, 15) is 4.79 Å². The highest BCUT2D eigenvalue weighted by molar-refractivity contribution is 5.77. The van der Waals surface area contributed by atoms with Gasteiger partial charge in [-0.05, 0) is 51.1 Å². The second-order valence-corrected chi connectivity index (χ2v) is 6.41. The average Bonchev–Trinajstić information content (AvgIpc) is 2.54. The molecule has 5 nitrogen and oxygen atoms in total. The van der Waals surface area contributed by atoms with E-state index in [2.05, 4.69) is 22.2 Å². The predicted octanol–water partition coefficient (Wildman–Crippen LogP) is 1.44. The number of benzene rings is 1. The van der Waals surface area contributed by atoms with Crippen molar-refractivity contribution < 1.29 is 9.53 Å². The van der Waals surface area contributed by atoms with Crippen LogP contribution in [0.5, 0.6) is 5.75 Å². The Kier molecular flexibility index (Phi) is 6.86. The number of piperazine rings is 1. The third-order valence-electron chi connectivity index (χ3n) is 4.27. The third kappa shape index (κ3) is 6.20. The highest BCUT2D eigenvalue weighted by Crippen LogP contribution is 2.18. The van der Waals surface area contributed by atoms with Gasteiger partial charge in [0.15, 0.2) is 6.61 Å². The van der Waals surface area contributed by atoms with Crippen molar-refractivity contribution in [2.75, 3.05) is 52.9 Å². The molecule has 1 aliphatic heterocycles. The molecule has 0 atom stereocenters. The van der Waals surface area contributed by atoms with Crippen LogP contribution >= 0.6 is 0 Å². The van der Waals surface area contributed by atoms with Crippen LogP contribution in [0.1, 0.15) is 17.5 Å². The van der Waals surface area contributed by atoms with Crippen LogP contribution in [0.2, 0.25) is 0 Å². The minimum atomic E-state index is -0.0516. The van der Waals surface area contributed by atoms with Crippen molar-refractivity contribution in [2.45, 2.75) is 20.3 Å². The molecule has 0 saturated carbocycles. The Hall–Kier alpha value is -1.59. The number of ether oxygens (including phenoxy) is 1. The van der Waals surface area contributed by atoms with Gasteiger partial charge in [-0.2, -0.15) is 0 Å². The zero-order chi connectivity index (χ0) is 16.7. The van der Waals surface area contributed by atoms with E-state index in [0.29, 0.717) is 6.54 Å². The quantitative estimate of drug-likeness (QED) is 0.773. The number of nitrogens with zero attached hydrogens (tertiary/aromatic N) is 2. The summed E-state index contributed by atoms with van der Waals surface area (Å²) in [6.45, 7) is 10.4. The first-order chi connectivity index (χ1) is 11.0. The monoisotopic (exact) mass is 319 g/mol. The molecule has 1 aliphatic rings. The number of aryl methyl sites for hydroxylation is 2. The van der Waals surface area contributed by atoms with Crippen molar-refractivity contribution in [3.05, 3.63) is 29.3 Å². The van der Waals surface area contributed by atoms with Crippen LogP contribution in [-0.4, -0.2) is 68.6 Å². The van der Waals surface area contributed by atoms with Gasteiger partial charge in [0.05, 0.1) is 0 Å². The Labute approximate surface area is 139 Å². The summed E-state index contributed by atoms with van der Waals surface area (Å²) >= 11 is 0. The molecule has 2 rings (SSSR count). The Morgan fingerprint density at radius 1 is 1.22 bits per heavy atom. The number of carbonyl (C=O) groups excluding carboxylic acids is 1. The van der Waals surface area contributed by atoms with Gasteiger partial charge in [0, 0.05) is 32.7 Å². The van der Waals surface area contributed by atoms with E-state index < -0.39 is 0 Å². The number of carbonyl (C=O) groups is 1. The summed E-state index contributed by atoms with van der Waals surface area (Å²) in [5.74, 6) is 0.738. The highest BCUT2D eigenvalue weighted by atomic mass is 16.5. The van der Waals surface area contributed by atoms with Gasteiger partial charge in [0.25, 0.3) is 5.91 Å². The third-order valence-corrected chi connectivity index (χ3v) is 4.27. The minimum absolute atomic E-state index is 0.0516. The van der Waals surface area contributed by atoms with Gasteiger partial charge in [-0.1, -0.05) is 12.1 Å². The maximum Gasteiger partial charge on any atom is 0.257 e. The van der Waals surface area contributed by atoms with Crippen LogP contribution in [-0.2, 0) is 4.79 Å². The topological polar surface area (TPSA) is 44.8 Å². The van der Waals surface area contributed by atoms with Crippen molar-refractivity contribution in [2.24, 2.45) is 0 Å². The van der Waals surface area contributed by atoms with E-state index in [1.54, 1.807) is 0 Å². The van der Waals surface area contributed by atoms with Gasteiger partial charge in [-0.15, -0.1) is 0 Å². The molecule has 1 heterocycles. The maximum atomic E-state index is 11.9. The number of hydrogen-bond donors (Lipinski definition) is 1. The lowest BCUT2D eigenvalue weighted by atomic mass is 10.1. The van der Waals surface area contributed by atoms with Crippen LogP contribution in [0.3, 0.4) is 0 Å². The number of hydrogen-bond acceptors (Lipinski definition) is 4. The first kappa shape index (κ1) is 17.8. The summed E-state index contributed by atoms with van der Waals surface area (Å²) in [5, 5.41) is 2.93. The molecule has 0 bridgehead atoms. The summed E-state index contributed by atoms with van der Waals surface area (Å²) in [4.78, 5) is 16.7. The van der Waals surface area contributed by atoms with Crippen molar-refractivity contribution in [3.8, 4) is 5.75 Å². The van der Waals surface area contributed by atoms with Gasteiger partial charge in [-0.25, -0.2) is 0 Å². The predicted molar refractivity (Wildman–Crippen MR) is 93.0 cm³/mol. The number of amides is 1. The molecule has 0 aliphatic carbocycles. The van der Waals surface area contributed by atoms with E-state index in [-0.39, 0.29) is 12.5 Å². The zero-order valence-corrected chi connectivity index (χ0v) is 14.6. The van der Waals surface area contributed by atoms with Crippen LogP contribution < -0.4 is 10.1 Å². The zero-order valence-electron chi connectivity index (χ0n) is 14.6. The second-order valence-electron chi connectivity index (χ2n) is 6.41. The van der Waals surface area contributed by atoms with Gasteiger partial charge < -0.3 is 19.9 Å². The van der Waals surface area contributed by atoms with E-state index in [4.69, 9.17) is 4.74 Å². The molecule has 0 unspecified atom stereocenters. The fraction of sp³-hybridized carbons (Fsp3) is 0.611. The van der Waals surface area contributed by atoms with Crippen LogP contribution in [0, 0.1) is 13.8 Å². The molecule has 5 heteroatoms. The maximum absolute atomic E-state index is 11.9. The fourth-order valence-corrected chi connectivity index (χ4v) is 2.66. The van der Waals surface area contributed by atoms with E-state index in [1.807, 2.05) is 32.0 Å². The second kappa shape index (κ2) is 8.89. The van der Waals surface area contributed by atoms with Crippen molar-refractivity contribution in [1.29, 1.82) is 0 Å². The van der Waals surface area contributed by atoms with Gasteiger partial charge >= 0.3 is 0 Å². The lowest BCUT2D eigenvalue weighted by molar-refractivity contribution is -0.123. The number of likely N-dealkylation sites (N-methyl/N-ethyl adjacent to an activating group) is 1. The molecule has 0 radical (unpaired) electrons. The smallest absolute Gasteiger partial charge is 0.257 e.